The predicted octanol–water partition coefficient (Wildman–Crippen LogP) is 1.19. The van der Waals surface area contributed by atoms with Crippen LogP contribution < -0.4 is 26.2 Å². The largest absolute Gasteiger partial charge is 0.389 e. The Labute approximate surface area is 230 Å². The van der Waals surface area contributed by atoms with Crippen LogP contribution in [0.4, 0.5) is 15.8 Å². The topological polar surface area (TPSA) is 98.4 Å². The van der Waals surface area contributed by atoms with Crippen LogP contribution in [0.1, 0.15) is 39.0 Å². The first-order valence-electron chi connectivity index (χ1n) is 14.5. The third-order valence-corrected chi connectivity index (χ3v) is 9.19. The normalized spacial score (nSPS) is 37.9. The highest BCUT2D eigenvalue weighted by Gasteiger charge is 2.53. The van der Waals surface area contributed by atoms with Gasteiger partial charge in [0.05, 0.1) is 30.4 Å². The number of rotatable bonds is 3. The number of fused-ring (bicyclic) bond motifs is 6. The van der Waals surface area contributed by atoms with Gasteiger partial charge in [-0.25, -0.2) is 4.39 Å². The van der Waals surface area contributed by atoms with E-state index in [1.807, 2.05) is 11.9 Å². The molecule has 5 N–H and O–H groups in total. The minimum atomic E-state index is -0.949. The van der Waals surface area contributed by atoms with Gasteiger partial charge in [-0.2, -0.15) is 5.01 Å². The Morgan fingerprint density at radius 3 is 2.64 bits per heavy atom. The fraction of sp³-hybridized carbons (Fsp3) is 0.679. The SMILES string of the molecule is CN1CCN(c2ccc(NC3NCC4C(=O)N5C/C(F)=C/CC[C@@](C)(O)C6CCCC(N6)N5C4N3)cc2)CC1. The molecule has 0 radical (unpaired) electrons. The van der Waals surface area contributed by atoms with Crippen molar-refractivity contribution in [3.8, 4) is 0 Å². The summed E-state index contributed by atoms with van der Waals surface area (Å²) in [6, 6.07) is 8.38. The number of nitrogens with zero attached hydrogens (tertiary/aromatic N) is 4. The van der Waals surface area contributed by atoms with Crippen molar-refractivity contribution in [1.29, 1.82) is 0 Å². The smallest absolute Gasteiger partial charge is 0.244 e. The number of piperazine rings is 1. The molecule has 214 valence electrons. The fourth-order valence-electron chi connectivity index (χ4n) is 6.77. The second-order valence-electron chi connectivity index (χ2n) is 12.0. The summed E-state index contributed by atoms with van der Waals surface area (Å²) in [6.07, 6.45) is 4.34. The van der Waals surface area contributed by atoms with Crippen molar-refractivity contribution in [3.05, 3.63) is 36.2 Å². The lowest BCUT2D eigenvalue weighted by Crippen LogP contribution is -2.69. The zero-order valence-electron chi connectivity index (χ0n) is 23.1. The zero-order chi connectivity index (χ0) is 27.1. The minimum Gasteiger partial charge on any atom is -0.389 e. The molecule has 39 heavy (non-hydrogen) atoms. The lowest BCUT2D eigenvalue weighted by atomic mass is 9.85. The van der Waals surface area contributed by atoms with Gasteiger partial charge >= 0.3 is 0 Å². The van der Waals surface area contributed by atoms with Gasteiger partial charge in [0.1, 0.15) is 12.1 Å². The van der Waals surface area contributed by atoms with Crippen LogP contribution in [0.5, 0.6) is 0 Å². The lowest BCUT2D eigenvalue weighted by Gasteiger charge is -2.47. The lowest BCUT2D eigenvalue weighted by molar-refractivity contribution is -0.147. The van der Waals surface area contributed by atoms with Gasteiger partial charge < -0.3 is 20.2 Å². The number of allylic oxidation sites excluding steroid dienone is 1. The van der Waals surface area contributed by atoms with Crippen LogP contribution in [-0.4, -0.2) is 103 Å². The summed E-state index contributed by atoms with van der Waals surface area (Å²) in [5.74, 6) is -0.739. The Balaban J connectivity index is 1.18. The molecule has 1 aromatic carbocycles. The van der Waals surface area contributed by atoms with Crippen molar-refractivity contribution in [1.82, 2.24) is 30.9 Å². The summed E-state index contributed by atoms with van der Waals surface area (Å²) < 4.78 is 15.0. The molecule has 4 saturated heterocycles. The van der Waals surface area contributed by atoms with E-state index in [1.54, 1.807) is 5.01 Å². The standard InChI is InChI=1S/C28H43FN8O2/c1-28(39)12-4-5-19(29)18-36-26(38)22-17-30-27(33-25(22)37(36)24-7-3-6-23(28)32-24)31-20-8-10-21(11-9-20)35-15-13-34(2)14-16-35/h5,8-11,22-25,27,30-33,39H,3-4,6-7,12-18H2,1-2H3/b19-5-/t22?,23?,24?,25?,27?,28-/m1/s1. The maximum Gasteiger partial charge on any atom is 0.244 e. The highest BCUT2D eigenvalue weighted by molar-refractivity contribution is 5.82. The van der Waals surface area contributed by atoms with Crippen molar-refractivity contribution in [2.75, 3.05) is 56.5 Å². The quantitative estimate of drug-likeness (QED) is 0.386. The summed E-state index contributed by atoms with van der Waals surface area (Å²) in [5.41, 5.74) is 1.26. The average Bonchev–Trinajstić information content (AvgIpc) is 3.19. The second kappa shape index (κ2) is 10.9. The molecule has 1 aromatic rings. The monoisotopic (exact) mass is 542 g/mol. The molecular formula is C28H43FN8O2. The van der Waals surface area contributed by atoms with Gasteiger partial charge in [0.2, 0.25) is 5.91 Å². The molecule has 6 atom stereocenters. The molecule has 11 heteroatoms. The van der Waals surface area contributed by atoms with Gasteiger partial charge in [0.25, 0.3) is 0 Å². The fourth-order valence-corrected chi connectivity index (χ4v) is 6.77. The van der Waals surface area contributed by atoms with Crippen LogP contribution in [0.3, 0.4) is 0 Å². The van der Waals surface area contributed by atoms with Crippen molar-refractivity contribution in [2.24, 2.45) is 5.92 Å². The van der Waals surface area contributed by atoms with Crippen LogP contribution >= 0.6 is 0 Å². The van der Waals surface area contributed by atoms with Crippen LogP contribution in [0.15, 0.2) is 36.2 Å². The molecule has 0 aromatic heterocycles. The molecule has 5 aliphatic rings. The van der Waals surface area contributed by atoms with E-state index in [2.05, 4.69) is 62.4 Å². The van der Waals surface area contributed by atoms with Gasteiger partial charge in [-0.05, 0) is 70.3 Å². The Morgan fingerprint density at radius 2 is 1.87 bits per heavy atom. The number of piperidine rings is 1. The Morgan fingerprint density at radius 1 is 1.10 bits per heavy atom. The van der Waals surface area contributed by atoms with Crippen molar-refractivity contribution in [3.63, 3.8) is 0 Å². The second-order valence-corrected chi connectivity index (χ2v) is 12.0. The number of carbonyl (C=O) groups excluding carboxylic acids is 1. The highest BCUT2D eigenvalue weighted by atomic mass is 19.1. The predicted molar refractivity (Wildman–Crippen MR) is 149 cm³/mol. The van der Waals surface area contributed by atoms with E-state index in [0.29, 0.717) is 19.4 Å². The number of hydrogen-bond acceptors (Lipinski definition) is 9. The highest BCUT2D eigenvalue weighted by Crippen LogP contribution is 2.35. The number of carbonyl (C=O) groups is 1. The number of amides is 1. The number of aliphatic hydroxyl groups is 1. The summed E-state index contributed by atoms with van der Waals surface area (Å²) in [7, 11) is 2.16. The Hall–Kier alpha value is -2.28. The first-order chi connectivity index (χ1) is 18.8. The minimum absolute atomic E-state index is 0.0755. The molecule has 5 heterocycles. The van der Waals surface area contributed by atoms with E-state index in [-0.39, 0.29) is 48.9 Å². The first kappa shape index (κ1) is 26.9. The zero-order valence-corrected chi connectivity index (χ0v) is 23.1. The van der Waals surface area contributed by atoms with Crippen LogP contribution in [0.25, 0.3) is 0 Å². The molecule has 10 nitrogen and oxygen atoms in total. The summed E-state index contributed by atoms with van der Waals surface area (Å²) >= 11 is 0. The van der Waals surface area contributed by atoms with Crippen LogP contribution in [0.2, 0.25) is 0 Å². The molecular weight excluding hydrogens is 499 g/mol. The van der Waals surface area contributed by atoms with Gasteiger partial charge in [-0.15, -0.1) is 0 Å². The van der Waals surface area contributed by atoms with E-state index in [4.69, 9.17) is 0 Å². The number of anilines is 2. The van der Waals surface area contributed by atoms with Gasteiger partial charge in [0.15, 0.2) is 0 Å². The molecule has 4 fully saturated rings. The van der Waals surface area contributed by atoms with Gasteiger partial charge in [-0.3, -0.25) is 25.8 Å². The van der Waals surface area contributed by atoms with Crippen LogP contribution in [-0.2, 0) is 4.79 Å². The number of likely N-dealkylation sites (N-methyl/N-ethyl adjacent to an activating group) is 1. The summed E-state index contributed by atoms with van der Waals surface area (Å²) in [5, 5.41) is 29.0. The van der Waals surface area contributed by atoms with Crippen molar-refractivity contribution in [2.45, 2.75) is 69.3 Å². The third-order valence-electron chi connectivity index (χ3n) is 9.19. The third kappa shape index (κ3) is 5.53. The van der Waals surface area contributed by atoms with E-state index < -0.39 is 5.60 Å². The van der Waals surface area contributed by atoms with E-state index in [9.17, 15) is 14.3 Å². The maximum atomic E-state index is 15.0. The maximum absolute atomic E-state index is 15.0. The van der Waals surface area contributed by atoms with Gasteiger partial charge in [-0.1, -0.05) is 6.08 Å². The number of hydrazine groups is 1. The number of halogens is 1. The molecule has 0 spiro atoms. The van der Waals surface area contributed by atoms with Gasteiger partial charge in [0, 0.05) is 50.1 Å². The molecule has 0 saturated carbocycles. The summed E-state index contributed by atoms with van der Waals surface area (Å²) in [6.45, 7) is 6.44. The van der Waals surface area contributed by atoms with Crippen LogP contribution in [0, 0.1) is 5.92 Å². The molecule has 1 amide bonds. The molecule has 6 rings (SSSR count). The van der Waals surface area contributed by atoms with Crippen molar-refractivity contribution < 1.29 is 14.3 Å². The molecule has 5 unspecified atom stereocenters. The first-order valence-corrected chi connectivity index (χ1v) is 14.5. The number of hydrogen-bond donors (Lipinski definition) is 5. The molecule has 0 aliphatic carbocycles. The van der Waals surface area contributed by atoms with E-state index >= 15 is 0 Å². The molecule has 2 bridgehead atoms. The Kier molecular flexibility index (Phi) is 7.55. The number of nitrogens with one attached hydrogen (secondary N) is 4. The van der Waals surface area contributed by atoms with E-state index in [0.717, 1.165) is 51.1 Å². The van der Waals surface area contributed by atoms with Crippen molar-refractivity contribution >= 4 is 17.3 Å². The molecule has 5 aliphatic heterocycles. The Bertz CT molecular complexity index is 1060. The number of benzene rings is 1. The summed E-state index contributed by atoms with van der Waals surface area (Å²) in [4.78, 5) is 18.3. The average molecular weight is 543 g/mol. The van der Waals surface area contributed by atoms with E-state index in [1.165, 1.54) is 11.8 Å².